The quantitative estimate of drug-likeness (QED) is 0.528. The van der Waals surface area contributed by atoms with Crippen molar-refractivity contribution < 1.29 is 4.79 Å². The van der Waals surface area contributed by atoms with E-state index in [0.717, 1.165) is 12.8 Å². The Morgan fingerprint density at radius 1 is 1.20 bits per heavy atom. The Hall–Kier alpha value is -1.05. The molecule has 0 aromatic carbocycles. The maximum Gasteiger partial charge on any atom is 0.244 e. The number of amides is 1. The van der Waals surface area contributed by atoms with Gasteiger partial charge in [0, 0.05) is 12.1 Å². The summed E-state index contributed by atoms with van der Waals surface area (Å²) in [7, 11) is 0. The highest BCUT2D eigenvalue weighted by Gasteiger charge is 2.05. The van der Waals surface area contributed by atoms with Gasteiger partial charge in [-0.1, -0.05) is 32.1 Å². The molecule has 0 heterocycles. The highest BCUT2D eigenvalue weighted by atomic mass is 16.1. The molecule has 0 spiro atoms. The van der Waals surface area contributed by atoms with E-state index in [1.165, 1.54) is 0 Å². The van der Waals surface area contributed by atoms with Crippen molar-refractivity contribution in [3.63, 3.8) is 0 Å². The maximum absolute atomic E-state index is 11.3. The van der Waals surface area contributed by atoms with Crippen LogP contribution in [0.4, 0.5) is 0 Å². The van der Waals surface area contributed by atoms with Crippen LogP contribution in [0.25, 0.3) is 0 Å². The lowest BCUT2D eigenvalue weighted by Gasteiger charge is -2.13. The predicted molar refractivity (Wildman–Crippen MR) is 65.6 cm³/mol. The lowest BCUT2D eigenvalue weighted by atomic mass is 10.0. The first-order valence-corrected chi connectivity index (χ1v) is 5.66. The SMILES string of the molecule is C/C=C/C=CC(=O)NC(C)CCC(C)C. The molecule has 2 heteroatoms. The van der Waals surface area contributed by atoms with Crippen molar-refractivity contribution in [1.29, 1.82) is 0 Å². The summed E-state index contributed by atoms with van der Waals surface area (Å²) in [6, 6.07) is 0.259. The highest BCUT2D eigenvalue weighted by Crippen LogP contribution is 2.06. The first-order chi connectivity index (χ1) is 7.06. The second-order valence-corrected chi connectivity index (χ2v) is 4.27. The van der Waals surface area contributed by atoms with Crippen molar-refractivity contribution in [3.8, 4) is 0 Å². The van der Waals surface area contributed by atoms with E-state index in [4.69, 9.17) is 0 Å². The smallest absolute Gasteiger partial charge is 0.244 e. The van der Waals surface area contributed by atoms with Crippen molar-refractivity contribution in [2.24, 2.45) is 5.92 Å². The lowest BCUT2D eigenvalue weighted by molar-refractivity contribution is -0.117. The Labute approximate surface area is 93.5 Å². The van der Waals surface area contributed by atoms with E-state index in [-0.39, 0.29) is 11.9 Å². The van der Waals surface area contributed by atoms with Crippen LogP contribution in [0.3, 0.4) is 0 Å². The van der Waals surface area contributed by atoms with E-state index >= 15 is 0 Å². The number of rotatable bonds is 6. The third-order valence-electron chi connectivity index (χ3n) is 2.12. The summed E-state index contributed by atoms with van der Waals surface area (Å²) in [5.41, 5.74) is 0. The van der Waals surface area contributed by atoms with Crippen LogP contribution in [0.1, 0.15) is 40.5 Å². The van der Waals surface area contributed by atoms with Gasteiger partial charge >= 0.3 is 0 Å². The van der Waals surface area contributed by atoms with Gasteiger partial charge in [0.25, 0.3) is 0 Å². The lowest BCUT2D eigenvalue weighted by Crippen LogP contribution is -2.31. The van der Waals surface area contributed by atoms with Crippen molar-refractivity contribution in [2.45, 2.75) is 46.6 Å². The molecule has 0 radical (unpaired) electrons. The van der Waals surface area contributed by atoms with Crippen LogP contribution in [0.2, 0.25) is 0 Å². The predicted octanol–water partition coefficient (Wildman–Crippen LogP) is 3.06. The van der Waals surface area contributed by atoms with E-state index in [1.54, 1.807) is 12.2 Å². The Bertz CT molecular complexity index is 229. The van der Waals surface area contributed by atoms with E-state index in [0.29, 0.717) is 5.92 Å². The topological polar surface area (TPSA) is 29.1 Å². The zero-order valence-electron chi connectivity index (χ0n) is 10.3. The number of hydrogen-bond acceptors (Lipinski definition) is 1. The van der Waals surface area contributed by atoms with Gasteiger partial charge in [-0.3, -0.25) is 4.79 Å². The first-order valence-electron chi connectivity index (χ1n) is 5.66. The van der Waals surface area contributed by atoms with Gasteiger partial charge in [0.15, 0.2) is 0 Å². The number of hydrogen-bond donors (Lipinski definition) is 1. The summed E-state index contributed by atoms with van der Waals surface area (Å²) in [5.74, 6) is 0.687. The Balaban J connectivity index is 3.76. The summed E-state index contributed by atoms with van der Waals surface area (Å²) < 4.78 is 0. The summed E-state index contributed by atoms with van der Waals surface area (Å²) in [6.45, 7) is 8.36. The van der Waals surface area contributed by atoms with Gasteiger partial charge in [-0.25, -0.2) is 0 Å². The fourth-order valence-corrected chi connectivity index (χ4v) is 1.20. The minimum Gasteiger partial charge on any atom is -0.350 e. The molecule has 0 aliphatic rings. The van der Waals surface area contributed by atoms with Crippen LogP contribution in [0.5, 0.6) is 0 Å². The summed E-state index contributed by atoms with van der Waals surface area (Å²) in [6.07, 6.45) is 9.25. The highest BCUT2D eigenvalue weighted by molar-refractivity contribution is 5.87. The minimum atomic E-state index is -0.00986. The molecule has 0 aromatic rings. The van der Waals surface area contributed by atoms with Crippen molar-refractivity contribution in [2.75, 3.05) is 0 Å². The van der Waals surface area contributed by atoms with Gasteiger partial charge in [-0.2, -0.15) is 0 Å². The monoisotopic (exact) mass is 209 g/mol. The molecule has 0 aliphatic heterocycles. The van der Waals surface area contributed by atoms with Crippen LogP contribution in [0, 0.1) is 5.92 Å². The molecule has 0 rings (SSSR count). The molecule has 0 fully saturated rings. The molecule has 0 aromatic heterocycles. The Morgan fingerprint density at radius 3 is 2.40 bits per heavy atom. The molecule has 1 N–H and O–H groups in total. The molecular weight excluding hydrogens is 186 g/mol. The number of allylic oxidation sites excluding steroid dienone is 3. The molecule has 1 amide bonds. The van der Waals surface area contributed by atoms with Gasteiger partial charge in [0.05, 0.1) is 0 Å². The van der Waals surface area contributed by atoms with Gasteiger partial charge < -0.3 is 5.32 Å². The molecule has 0 saturated carbocycles. The van der Waals surface area contributed by atoms with Crippen molar-refractivity contribution in [1.82, 2.24) is 5.32 Å². The number of carbonyl (C=O) groups excluding carboxylic acids is 1. The first kappa shape index (κ1) is 13.9. The van der Waals surface area contributed by atoms with Crippen LogP contribution >= 0.6 is 0 Å². The average molecular weight is 209 g/mol. The van der Waals surface area contributed by atoms with E-state index < -0.39 is 0 Å². The molecule has 2 nitrogen and oxygen atoms in total. The second-order valence-electron chi connectivity index (χ2n) is 4.27. The minimum absolute atomic E-state index is 0.00986. The summed E-state index contributed by atoms with van der Waals surface area (Å²) >= 11 is 0. The number of carbonyl (C=O) groups is 1. The zero-order chi connectivity index (χ0) is 11.7. The molecule has 0 saturated heterocycles. The standard InChI is InChI=1S/C13H23NO/c1-5-6-7-8-13(15)14-12(4)10-9-11(2)3/h5-8,11-12H,9-10H2,1-4H3,(H,14,15)/b6-5+,8-7?. The molecule has 1 unspecified atom stereocenters. The fourth-order valence-electron chi connectivity index (χ4n) is 1.20. The third kappa shape index (κ3) is 9.26. The third-order valence-corrected chi connectivity index (χ3v) is 2.12. The largest absolute Gasteiger partial charge is 0.350 e. The van der Waals surface area contributed by atoms with Crippen molar-refractivity contribution >= 4 is 5.91 Å². The van der Waals surface area contributed by atoms with Gasteiger partial charge in [-0.05, 0) is 32.6 Å². The number of nitrogens with one attached hydrogen (secondary N) is 1. The van der Waals surface area contributed by atoms with Gasteiger partial charge in [0.2, 0.25) is 5.91 Å². The maximum atomic E-state index is 11.3. The van der Waals surface area contributed by atoms with Crippen LogP contribution < -0.4 is 5.32 Å². The summed E-state index contributed by atoms with van der Waals surface area (Å²) in [5, 5.41) is 2.93. The van der Waals surface area contributed by atoms with Gasteiger partial charge in [0.1, 0.15) is 0 Å². The van der Waals surface area contributed by atoms with E-state index in [9.17, 15) is 4.79 Å². The fraction of sp³-hybridized carbons (Fsp3) is 0.615. The van der Waals surface area contributed by atoms with Crippen LogP contribution in [0.15, 0.2) is 24.3 Å². The molecule has 86 valence electrons. The molecule has 1 atom stereocenters. The second kappa shape index (κ2) is 8.27. The summed E-state index contributed by atoms with van der Waals surface area (Å²) in [4.78, 5) is 11.3. The molecule has 15 heavy (non-hydrogen) atoms. The van der Waals surface area contributed by atoms with E-state index in [2.05, 4.69) is 19.2 Å². The Kier molecular flexibility index (Phi) is 7.69. The van der Waals surface area contributed by atoms with Gasteiger partial charge in [-0.15, -0.1) is 0 Å². The van der Waals surface area contributed by atoms with E-state index in [1.807, 2.05) is 26.0 Å². The molecule has 0 aliphatic carbocycles. The van der Waals surface area contributed by atoms with Crippen LogP contribution in [-0.4, -0.2) is 11.9 Å². The Morgan fingerprint density at radius 2 is 1.87 bits per heavy atom. The molecular formula is C13H23NO. The van der Waals surface area contributed by atoms with Crippen LogP contribution in [-0.2, 0) is 4.79 Å². The molecule has 0 bridgehead atoms. The van der Waals surface area contributed by atoms with Crippen molar-refractivity contribution in [3.05, 3.63) is 24.3 Å². The zero-order valence-corrected chi connectivity index (χ0v) is 10.3. The average Bonchev–Trinajstić information content (AvgIpc) is 2.15. The normalized spacial score (nSPS) is 13.9.